The third-order valence-corrected chi connectivity index (χ3v) is 8.06. The molecular formula is C22H27BrN6O5. The fourth-order valence-electron chi connectivity index (χ4n) is 5.81. The number of amides is 3. The van der Waals surface area contributed by atoms with Gasteiger partial charge < -0.3 is 25.4 Å². The Balaban J connectivity index is 1.44. The summed E-state index contributed by atoms with van der Waals surface area (Å²) in [7, 11) is 1.54. The standard InChI is InChI=1S/C22H27BrN6O5/c1-24-19(31)15-16-21(33)28(8-4-5-9-30)18(22(16)10-12(23)17(15)34-22)20(32)25-11-29-14-7-3-2-6-13(14)26-27-29/h2-3,6-7,12,15-18,30H,4-5,8-11H2,1H3,(H,24,31)(H,25,32)/t12?,15-,16+,17-,18?,22?/m1/s1. The topological polar surface area (TPSA) is 139 Å². The number of carbonyl (C=O) groups is 3. The van der Waals surface area contributed by atoms with Gasteiger partial charge in [0.1, 0.15) is 23.8 Å². The first-order chi connectivity index (χ1) is 16.4. The summed E-state index contributed by atoms with van der Waals surface area (Å²) in [6, 6.07) is 6.54. The Morgan fingerprint density at radius 2 is 2.09 bits per heavy atom. The largest absolute Gasteiger partial charge is 0.396 e. The molecule has 1 aromatic carbocycles. The number of hydrogen-bond acceptors (Lipinski definition) is 7. The van der Waals surface area contributed by atoms with E-state index in [4.69, 9.17) is 4.74 Å². The van der Waals surface area contributed by atoms with Crippen LogP contribution in [0.25, 0.3) is 11.0 Å². The Hall–Kier alpha value is -2.57. The van der Waals surface area contributed by atoms with Gasteiger partial charge in [-0.1, -0.05) is 33.3 Å². The Labute approximate surface area is 204 Å². The first-order valence-electron chi connectivity index (χ1n) is 11.4. The molecule has 4 heterocycles. The minimum absolute atomic E-state index is 0.00421. The molecule has 0 aliphatic carbocycles. The molecule has 11 nitrogen and oxygen atoms in total. The number of aliphatic hydroxyl groups is 1. The van der Waals surface area contributed by atoms with Crippen LogP contribution in [0, 0.1) is 11.8 Å². The zero-order valence-electron chi connectivity index (χ0n) is 18.7. The van der Waals surface area contributed by atoms with Crippen LogP contribution in [0.3, 0.4) is 0 Å². The minimum atomic E-state index is -1.10. The lowest BCUT2D eigenvalue weighted by Gasteiger charge is -2.34. The summed E-state index contributed by atoms with van der Waals surface area (Å²) in [6.45, 7) is 0.370. The Kier molecular flexibility index (Phi) is 6.07. The summed E-state index contributed by atoms with van der Waals surface area (Å²) in [4.78, 5) is 41.4. The van der Waals surface area contributed by atoms with Gasteiger partial charge in [0.25, 0.3) is 0 Å². The number of hydrogen-bond donors (Lipinski definition) is 3. The van der Waals surface area contributed by atoms with Crippen LogP contribution in [-0.4, -0.2) is 85.5 Å². The Morgan fingerprint density at radius 1 is 1.29 bits per heavy atom. The first-order valence-corrected chi connectivity index (χ1v) is 12.3. The predicted molar refractivity (Wildman–Crippen MR) is 123 cm³/mol. The van der Waals surface area contributed by atoms with Gasteiger partial charge in [-0.3, -0.25) is 14.4 Å². The maximum absolute atomic E-state index is 13.6. The summed E-state index contributed by atoms with van der Waals surface area (Å²) >= 11 is 3.62. The van der Waals surface area contributed by atoms with Crippen molar-refractivity contribution in [1.29, 1.82) is 0 Å². The number of benzene rings is 1. The number of rotatable bonds is 8. The number of nitrogens with zero attached hydrogens (tertiary/aromatic N) is 4. The molecule has 34 heavy (non-hydrogen) atoms. The highest BCUT2D eigenvalue weighted by atomic mass is 79.9. The summed E-state index contributed by atoms with van der Waals surface area (Å²) in [5.74, 6) is -2.28. The number of alkyl halides is 1. The lowest BCUT2D eigenvalue weighted by atomic mass is 9.70. The molecule has 3 saturated heterocycles. The third kappa shape index (κ3) is 3.42. The lowest BCUT2D eigenvalue weighted by molar-refractivity contribution is -0.142. The average molecular weight is 535 g/mol. The highest BCUT2D eigenvalue weighted by Crippen LogP contribution is 2.59. The van der Waals surface area contributed by atoms with Crippen molar-refractivity contribution in [2.75, 3.05) is 20.2 Å². The molecule has 12 heteroatoms. The number of halogens is 1. The van der Waals surface area contributed by atoms with Gasteiger partial charge in [0.05, 0.1) is 23.5 Å². The summed E-state index contributed by atoms with van der Waals surface area (Å²) in [5, 5.41) is 23.0. The van der Waals surface area contributed by atoms with Crippen LogP contribution < -0.4 is 10.6 Å². The van der Waals surface area contributed by atoms with E-state index in [0.29, 0.717) is 31.3 Å². The molecule has 0 saturated carbocycles. The molecule has 5 rings (SSSR count). The number of aliphatic hydroxyl groups excluding tert-OH is 1. The van der Waals surface area contributed by atoms with Gasteiger partial charge in [-0.2, -0.15) is 0 Å². The quantitative estimate of drug-likeness (QED) is 0.314. The van der Waals surface area contributed by atoms with E-state index >= 15 is 0 Å². The molecule has 0 radical (unpaired) electrons. The number of unbranched alkanes of at least 4 members (excludes halogenated alkanes) is 1. The highest BCUT2D eigenvalue weighted by Gasteiger charge is 2.76. The van der Waals surface area contributed by atoms with Crippen molar-refractivity contribution in [3.8, 4) is 0 Å². The SMILES string of the molecule is CNC(=O)[C@H]1[C@@H]2OC3(CC2Br)C(C(=O)NCn2nnc4ccccc42)N(CCCCO)C(=O)[C@H]13. The zero-order valence-corrected chi connectivity index (χ0v) is 20.3. The third-order valence-electron chi connectivity index (χ3n) is 7.22. The second kappa shape index (κ2) is 8.90. The first kappa shape index (κ1) is 23.2. The number of para-hydroxylation sites is 1. The number of aromatic nitrogens is 3. The predicted octanol–water partition coefficient (Wildman–Crippen LogP) is -0.228. The molecule has 3 N–H and O–H groups in total. The maximum Gasteiger partial charge on any atom is 0.247 e. The number of likely N-dealkylation sites (tertiary alicyclic amines) is 1. The second-order valence-corrected chi connectivity index (χ2v) is 10.2. The van der Waals surface area contributed by atoms with Gasteiger partial charge in [-0.15, -0.1) is 5.10 Å². The molecule has 2 aromatic rings. The average Bonchev–Trinajstić information content (AvgIpc) is 3.55. The smallest absolute Gasteiger partial charge is 0.247 e. The van der Waals surface area contributed by atoms with Crippen molar-refractivity contribution in [3.05, 3.63) is 24.3 Å². The van der Waals surface area contributed by atoms with Crippen molar-refractivity contribution >= 4 is 44.7 Å². The van der Waals surface area contributed by atoms with Crippen LogP contribution in [0.2, 0.25) is 0 Å². The van der Waals surface area contributed by atoms with E-state index in [1.54, 1.807) is 4.68 Å². The maximum atomic E-state index is 13.6. The molecule has 182 valence electrons. The summed E-state index contributed by atoms with van der Waals surface area (Å²) in [5.41, 5.74) is 0.394. The van der Waals surface area contributed by atoms with Crippen molar-refractivity contribution in [3.63, 3.8) is 0 Å². The second-order valence-electron chi connectivity index (χ2n) is 9.02. The van der Waals surface area contributed by atoms with E-state index in [1.807, 2.05) is 24.3 Å². The molecule has 3 aliphatic heterocycles. The van der Waals surface area contributed by atoms with Gasteiger partial charge >= 0.3 is 0 Å². The van der Waals surface area contributed by atoms with E-state index in [2.05, 4.69) is 36.9 Å². The van der Waals surface area contributed by atoms with Crippen LogP contribution in [-0.2, 0) is 25.8 Å². The van der Waals surface area contributed by atoms with Crippen LogP contribution in [0.5, 0.6) is 0 Å². The van der Waals surface area contributed by atoms with Crippen molar-refractivity contribution in [1.82, 2.24) is 30.5 Å². The van der Waals surface area contributed by atoms with Crippen LogP contribution in [0.4, 0.5) is 0 Å². The van der Waals surface area contributed by atoms with E-state index in [9.17, 15) is 19.5 Å². The monoisotopic (exact) mass is 534 g/mol. The summed E-state index contributed by atoms with van der Waals surface area (Å²) < 4.78 is 7.95. The molecule has 3 unspecified atom stereocenters. The van der Waals surface area contributed by atoms with Crippen molar-refractivity contribution in [2.24, 2.45) is 11.8 Å². The van der Waals surface area contributed by atoms with Crippen LogP contribution >= 0.6 is 15.9 Å². The van der Waals surface area contributed by atoms with E-state index in [-0.39, 0.29) is 35.8 Å². The fourth-order valence-corrected chi connectivity index (χ4v) is 6.76. The van der Waals surface area contributed by atoms with Crippen molar-refractivity contribution in [2.45, 2.75) is 48.5 Å². The van der Waals surface area contributed by atoms with E-state index in [0.717, 1.165) is 5.52 Å². The van der Waals surface area contributed by atoms with Crippen molar-refractivity contribution < 1.29 is 24.2 Å². The van der Waals surface area contributed by atoms with E-state index < -0.39 is 29.6 Å². The Bertz CT molecular complexity index is 1130. The normalized spacial score (nSPS) is 31.8. The molecule has 1 aromatic heterocycles. The van der Waals surface area contributed by atoms with Gasteiger partial charge in [-0.05, 0) is 31.4 Å². The number of ether oxygens (including phenoxy) is 1. The number of fused-ring (bicyclic) bond motifs is 2. The van der Waals surface area contributed by atoms with Gasteiger partial charge in [-0.25, -0.2) is 4.68 Å². The van der Waals surface area contributed by atoms with Crippen LogP contribution in [0.1, 0.15) is 19.3 Å². The lowest BCUT2D eigenvalue weighted by Crippen LogP contribution is -2.56. The fraction of sp³-hybridized carbons (Fsp3) is 0.591. The molecule has 6 atom stereocenters. The van der Waals surface area contributed by atoms with E-state index in [1.165, 1.54) is 11.9 Å². The summed E-state index contributed by atoms with van der Waals surface area (Å²) in [6.07, 6.45) is 1.00. The number of carbonyl (C=O) groups excluding carboxylic acids is 3. The van der Waals surface area contributed by atoms with Crippen LogP contribution in [0.15, 0.2) is 24.3 Å². The Morgan fingerprint density at radius 3 is 2.85 bits per heavy atom. The zero-order chi connectivity index (χ0) is 24.0. The molecule has 1 spiro atoms. The van der Waals surface area contributed by atoms with Gasteiger partial charge in [0, 0.05) is 25.0 Å². The van der Waals surface area contributed by atoms with Gasteiger partial charge in [0.2, 0.25) is 17.7 Å². The molecule has 3 amide bonds. The molecular weight excluding hydrogens is 508 g/mol. The molecule has 3 aliphatic rings. The minimum Gasteiger partial charge on any atom is -0.396 e. The molecule has 3 fully saturated rings. The van der Waals surface area contributed by atoms with Gasteiger partial charge in [0.15, 0.2) is 0 Å². The molecule has 2 bridgehead atoms. The number of nitrogens with one attached hydrogen (secondary N) is 2. The highest BCUT2D eigenvalue weighted by molar-refractivity contribution is 9.09.